The van der Waals surface area contributed by atoms with Crippen LogP contribution in [-0.2, 0) is 35.5 Å². The summed E-state index contributed by atoms with van der Waals surface area (Å²) in [4.78, 5) is 28.2. The zero-order chi connectivity index (χ0) is 25.1. The molecule has 0 spiro atoms. The number of anilines is 2. The fourth-order valence-corrected chi connectivity index (χ4v) is 5.71. The van der Waals surface area contributed by atoms with Crippen LogP contribution in [0.15, 0.2) is 72.8 Å². The normalized spacial score (nSPS) is 18.7. The molecule has 2 N–H and O–H groups in total. The number of fused-ring (bicyclic) bond motifs is 2. The van der Waals surface area contributed by atoms with Crippen molar-refractivity contribution in [2.24, 2.45) is 0 Å². The maximum Gasteiger partial charge on any atom is 0.217 e. The van der Waals surface area contributed by atoms with E-state index in [1.807, 2.05) is 0 Å². The van der Waals surface area contributed by atoms with Gasteiger partial charge in [0.1, 0.15) is 0 Å². The SMILES string of the molecule is CC(=O)NC1Cc2ccccc2N(Cc2cccc(CN3CC(NC(C)=O)Cc4ccccc43)c2)C1. The van der Waals surface area contributed by atoms with Crippen molar-refractivity contribution in [3.8, 4) is 0 Å². The Hall–Kier alpha value is -3.80. The van der Waals surface area contributed by atoms with E-state index in [1.165, 1.54) is 33.6 Å². The van der Waals surface area contributed by atoms with Crippen molar-refractivity contribution in [2.45, 2.75) is 51.9 Å². The Morgan fingerprint density at radius 1 is 0.694 bits per heavy atom. The van der Waals surface area contributed by atoms with Crippen molar-refractivity contribution in [3.63, 3.8) is 0 Å². The summed E-state index contributed by atoms with van der Waals surface area (Å²) < 4.78 is 0. The molecule has 0 aromatic heterocycles. The Bertz CT molecular complexity index is 1160. The molecule has 0 aliphatic carbocycles. The van der Waals surface area contributed by atoms with Gasteiger partial charge in [-0.25, -0.2) is 0 Å². The molecule has 0 saturated carbocycles. The highest BCUT2D eigenvalue weighted by atomic mass is 16.2. The van der Waals surface area contributed by atoms with Gasteiger partial charge in [0, 0.05) is 51.4 Å². The third-order valence-corrected chi connectivity index (χ3v) is 7.03. The number of rotatable bonds is 6. The largest absolute Gasteiger partial charge is 0.365 e. The summed E-state index contributed by atoms with van der Waals surface area (Å²) in [5.41, 5.74) is 7.52. The molecule has 2 aliphatic heterocycles. The minimum absolute atomic E-state index is 0.0145. The van der Waals surface area contributed by atoms with Gasteiger partial charge >= 0.3 is 0 Å². The second-order valence-electron chi connectivity index (χ2n) is 10.0. The fraction of sp³-hybridized carbons (Fsp3) is 0.333. The summed E-state index contributed by atoms with van der Waals surface area (Å²) in [6.07, 6.45) is 1.71. The highest BCUT2D eigenvalue weighted by Gasteiger charge is 2.26. The predicted octanol–water partition coefficient (Wildman–Crippen LogP) is 3.82. The van der Waals surface area contributed by atoms with Crippen LogP contribution in [0.25, 0.3) is 0 Å². The molecule has 36 heavy (non-hydrogen) atoms. The summed E-state index contributed by atoms with van der Waals surface area (Å²) in [5.74, 6) is 0.0291. The molecular formula is C30H34N4O2. The quantitative estimate of drug-likeness (QED) is 0.561. The van der Waals surface area contributed by atoms with Crippen LogP contribution in [0.4, 0.5) is 11.4 Å². The number of hydrogen-bond donors (Lipinski definition) is 2. The Labute approximate surface area is 213 Å². The highest BCUT2D eigenvalue weighted by Crippen LogP contribution is 2.30. The van der Waals surface area contributed by atoms with E-state index in [1.54, 1.807) is 13.8 Å². The van der Waals surface area contributed by atoms with Crippen LogP contribution in [-0.4, -0.2) is 37.0 Å². The molecule has 6 nitrogen and oxygen atoms in total. The van der Waals surface area contributed by atoms with E-state index in [4.69, 9.17) is 0 Å². The molecular weight excluding hydrogens is 448 g/mol. The van der Waals surface area contributed by atoms with E-state index in [-0.39, 0.29) is 23.9 Å². The van der Waals surface area contributed by atoms with Gasteiger partial charge in [0.15, 0.2) is 0 Å². The van der Waals surface area contributed by atoms with Gasteiger partial charge in [-0.1, -0.05) is 60.7 Å². The fourth-order valence-electron chi connectivity index (χ4n) is 5.71. The molecule has 0 bridgehead atoms. The van der Waals surface area contributed by atoms with E-state index in [9.17, 15) is 9.59 Å². The van der Waals surface area contributed by atoms with Crippen LogP contribution in [0.5, 0.6) is 0 Å². The van der Waals surface area contributed by atoms with Gasteiger partial charge in [0.25, 0.3) is 0 Å². The summed E-state index contributed by atoms with van der Waals surface area (Å²) >= 11 is 0. The van der Waals surface area contributed by atoms with Gasteiger partial charge < -0.3 is 20.4 Å². The second-order valence-corrected chi connectivity index (χ2v) is 10.0. The molecule has 0 fully saturated rings. The predicted molar refractivity (Wildman–Crippen MR) is 144 cm³/mol. The van der Waals surface area contributed by atoms with E-state index in [0.29, 0.717) is 0 Å². The molecule has 2 heterocycles. The molecule has 2 aliphatic rings. The van der Waals surface area contributed by atoms with Crippen LogP contribution in [0.2, 0.25) is 0 Å². The Kier molecular flexibility index (Phi) is 6.94. The van der Waals surface area contributed by atoms with Gasteiger partial charge in [-0.15, -0.1) is 0 Å². The number of carbonyl (C=O) groups is 2. The molecule has 186 valence electrons. The molecule has 2 amide bonds. The van der Waals surface area contributed by atoms with Gasteiger partial charge in [0.2, 0.25) is 11.8 Å². The molecule has 0 saturated heterocycles. The molecule has 5 rings (SSSR count). The first-order chi connectivity index (χ1) is 17.4. The third kappa shape index (κ3) is 5.54. The topological polar surface area (TPSA) is 64.7 Å². The maximum absolute atomic E-state index is 11.7. The monoisotopic (exact) mass is 482 g/mol. The van der Waals surface area contributed by atoms with Crippen LogP contribution in [0.1, 0.15) is 36.1 Å². The molecule has 2 unspecified atom stereocenters. The van der Waals surface area contributed by atoms with Gasteiger partial charge in [-0.05, 0) is 47.2 Å². The van der Waals surface area contributed by atoms with Crippen molar-refractivity contribution < 1.29 is 9.59 Å². The zero-order valence-corrected chi connectivity index (χ0v) is 21.0. The Balaban J connectivity index is 1.35. The maximum atomic E-state index is 11.7. The van der Waals surface area contributed by atoms with E-state index >= 15 is 0 Å². The lowest BCUT2D eigenvalue weighted by Gasteiger charge is -2.37. The lowest BCUT2D eigenvalue weighted by atomic mass is 9.96. The second kappa shape index (κ2) is 10.4. The highest BCUT2D eigenvalue weighted by molar-refractivity contribution is 5.74. The van der Waals surface area contributed by atoms with Gasteiger partial charge in [0.05, 0.1) is 12.1 Å². The van der Waals surface area contributed by atoms with Gasteiger partial charge in [-0.2, -0.15) is 0 Å². The Morgan fingerprint density at radius 3 is 1.58 bits per heavy atom. The summed E-state index contributed by atoms with van der Waals surface area (Å²) in [6, 6.07) is 26.0. The van der Waals surface area contributed by atoms with Crippen LogP contribution in [0.3, 0.4) is 0 Å². The first kappa shape index (κ1) is 23.9. The lowest BCUT2D eigenvalue weighted by Crippen LogP contribution is -2.47. The number of nitrogens with zero attached hydrogens (tertiary/aromatic N) is 2. The number of para-hydroxylation sites is 2. The zero-order valence-electron chi connectivity index (χ0n) is 21.0. The summed E-state index contributed by atoms with van der Waals surface area (Å²) in [6.45, 7) is 6.32. The van der Waals surface area contributed by atoms with Crippen LogP contribution >= 0.6 is 0 Å². The number of carbonyl (C=O) groups excluding carboxylic acids is 2. The van der Waals surface area contributed by atoms with Crippen molar-refractivity contribution in [2.75, 3.05) is 22.9 Å². The van der Waals surface area contributed by atoms with Crippen molar-refractivity contribution in [1.82, 2.24) is 10.6 Å². The lowest BCUT2D eigenvalue weighted by molar-refractivity contribution is -0.120. The van der Waals surface area contributed by atoms with Crippen molar-refractivity contribution in [3.05, 3.63) is 95.1 Å². The van der Waals surface area contributed by atoms with Crippen molar-refractivity contribution in [1.29, 1.82) is 0 Å². The first-order valence-electron chi connectivity index (χ1n) is 12.7. The summed E-state index contributed by atoms with van der Waals surface area (Å²) in [7, 11) is 0. The molecule has 3 aromatic carbocycles. The number of amides is 2. The van der Waals surface area contributed by atoms with E-state index in [2.05, 4.69) is 93.2 Å². The first-order valence-corrected chi connectivity index (χ1v) is 12.7. The van der Waals surface area contributed by atoms with Gasteiger partial charge in [-0.3, -0.25) is 9.59 Å². The number of nitrogens with one attached hydrogen (secondary N) is 2. The number of hydrogen-bond acceptors (Lipinski definition) is 4. The van der Waals surface area contributed by atoms with E-state index in [0.717, 1.165) is 39.0 Å². The van der Waals surface area contributed by atoms with Crippen LogP contribution < -0.4 is 20.4 Å². The molecule has 3 aromatic rings. The standard InChI is InChI=1S/C30H34N4O2/c1-21(35)31-27-15-25-10-3-5-12-29(25)33(19-27)17-23-8-7-9-24(14-23)18-34-20-28(32-22(2)36)16-26-11-4-6-13-30(26)34/h3-14,27-28H,15-20H2,1-2H3,(H,31,35)(H,32,36). The average molecular weight is 483 g/mol. The third-order valence-electron chi connectivity index (χ3n) is 7.03. The van der Waals surface area contributed by atoms with E-state index < -0.39 is 0 Å². The number of benzene rings is 3. The molecule has 0 radical (unpaired) electrons. The van der Waals surface area contributed by atoms with Crippen LogP contribution in [0, 0.1) is 0 Å². The molecule has 2 atom stereocenters. The summed E-state index contributed by atoms with van der Waals surface area (Å²) in [5, 5.41) is 6.23. The Morgan fingerprint density at radius 2 is 1.14 bits per heavy atom. The molecule has 6 heteroatoms. The average Bonchev–Trinajstić information content (AvgIpc) is 2.83. The smallest absolute Gasteiger partial charge is 0.217 e. The minimum Gasteiger partial charge on any atom is -0.365 e. The van der Waals surface area contributed by atoms with Crippen molar-refractivity contribution >= 4 is 23.2 Å². The minimum atomic E-state index is 0.0145.